The number of sulfonamides is 1. The van der Waals surface area contributed by atoms with Crippen molar-refractivity contribution >= 4 is 16.0 Å². The number of piperidine rings is 1. The average Bonchev–Trinajstić information content (AvgIpc) is 2.40. The Kier molecular flexibility index (Phi) is 5.54. The maximum atomic E-state index is 12.4. The summed E-state index contributed by atoms with van der Waals surface area (Å²) in [7, 11) is -3.74. The third-order valence-electron chi connectivity index (χ3n) is 3.96. The molecule has 0 amide bonds. The van der Waals surface area contributed by atoms with Crippen molar-refractivity contribution in [1.82, 2.24) is 4.31 Å². The SMILES string of the molecule is CCCC1(C(=O)O)CCCN(S(=O)(=O)C(C#N)CC)C1. The zero-order valence-corrected chi connectivity index (χ0v) is 12.8. The molecule has 20 heavy (non-hydrogen) atoms. The summed E-state index contributed by atoms with van der Waals surface area (Å²) in [6.07, 6.45) is 2.37. The molecule has 1 aliphatic rings. The Morgan fingerprint density at radius 3 is 2.60 bits per heavy atom. The molecule has 0 bridgehead atoms. The highest BCUT2D eigenvalue weighted by Gasteiger charge is 2.45. The number of rotatable bonds is 6. The maximum Gasteiger partial charge on any atom is 0.310 e. The van der Waals surface area contributed by atoms with Crippen LogP contribution in [0.4, 0.5) is 0 Å². The Balaban J connectivity index is 3.05. The van der Waals surface area contributed by atoms with Gasteiger partial charge in [0.1, 0.15) is 0 Å². The lowest BCUT2D eigenvalue weighted by Crippen LogP contribution is -2.51. The lowest BCUT2D eigenvalue weighted by atomic mass is 9.77. The molecule has 1 N–H and O–H groups in total. The minimum atomic E-state index is -3.74. The second-order valence-electron chi connectivity index (χ2n) is 5.34. The van der Waals surface area contributed by atoms with Crippen LogP contribution in [0.5, 0.6) is 0 Å². The number of carboxylic acids is 1. The third kappa shape index (κ3) is 3.13. The van der Waals surface area contributed by atoms with Gasteiger partial charge in [-0.3, -0.25) is 4.79 Å². The van der Waals surface area contributed by atoms with E-state index in [1.807, 2.05) is 6.92 Å². The fraction of sp³-hybridized carbons (Fsp3) is 0.846. The topological polar surface area (TPSA) is 98.5 Å². The van der Waals surface area contributed by atoms with Crippen molar-refractivity contribution in [1.29, 1.82) is 5.26 Å². The molecule has 0 aromatic heterocycles. The molecule has 6 nitrogen and oxygen atoms in total. The summed E-state index contributed by atoms with van der Waals surface area (Å²) in [5.74, 6) is -0.941. The van der Waals surface area contributed by atoms with Gasteiger partial charge in [0.05, 0.1) is 11.5 Å². The first-order chi connectivity index (χ1) is 9.34. The normalized spacial score (nSPS) is 25.9. The Hall–Kier alpha value is -1.13. The van der Waals surface area contributed by atoms with E-state index in [0.717, 1.165) is 0 Å². The highest BCUT2D eigenvalue weighted by atomic mass is 32.2. The van der Waals surface area contributed by atoms with E-state index in [9.17, 15) is 18.3 Å². The van der Waals surface area contributed by atoms with Crippen LogP contribution >= 0.6 is 0 Å². The molecule has 1 aliphatic heterocycles. The number of carbonyl (C=O) groups is 1. The van der Waals surface area contributed by atoms with Crippen LogP contribution in [0.2, 0.25) is 0 Å². The van der Waals surface area contributed by atoms with Crippen molar-refractivity contribution in [3.05, 3.63) is 0 Å². The standard InChI is InChI=1S/C13H22N2O4S/c1-3-6-13(12(16)17)7-5-8-15(10-13)20(18,19)11(4-2)9-14/h11H,3-8,10H2,1-2H3,(H,16,17). The van der Waals surface area contributed by atoms with Gasteiger partial charge in [-0.2, -0.15) is 9.57 Å². The molecule has 0 spiro atoms. The summed E-state index contributed by atoms with van der Waals surface area (Å²) in [5.41, 5.74) is -1.01. The number of aliphatic carboxylic acids is 1. The minimum absolute atomic E-state index is 0.0172. The van der Waals surface area contributed by atoms with Gasteiger partial charge in [-0.1, -0.05) is 20.3 Å². The van der Waals surface area contributed by atoms with Crippen molar-refractivity contribution in [3.63, 3.8) is 0 Å². The average molecular weight is 302 g/mol. The second kappa shape index (κ2) is 6.55. The predicted molar refractivity (Wildman–Crippen MR) is 74.4 cm³/mol. The van der Waals surface area contributed by atoms with Crippen LogP contribution in [0.1, 0.15) is 46.0 Å². The zero-order valence-electron chi connectivity index (χ0n) is 12.0. The summed E-state index contributed by atoms with van der Waals surface area (Å²) < 4.78 is 26.0. The first kappa shape index (κ1) is 16.9. The first-order valence-corrected chi connectivity index (χ1v) is 8.46. The fourth-order valence-electron chi connectivity index (χ4n) is 2.82. The number of carboxylic acid groups (broad SMARTS) is 1. The van der Waals surface area contributed by atoms with Gasteiger partial charge in [0.2, 0.25) is 10.0 Å². The first-order valence-electron chi connectivity index (χ1n) is 6.96. The lowest BCUT2D eigenvalue weighted by molar-refractivity contribution is -0.151. The largest absolute Gasteiger partial charge is 0.481 e. The van der Waals surface area contributed by atoms with E-state index in [1.165, 1.54) is 4.31 Å². The summed E-state index contributed by atoms with van der Waals surface area (Å²) in [6, 6.07) is 1.80. The monoisotopic (exact) mass is 302 g/mol. The van der Waals surface area contributed by atoms with Crippen LogP contribution in [0.25, 0.3) is 0 Å². The lowest BCUT2D eigenvalue weighted by Gasteiger charge is -2.39. The number of hydrogen-bond donors (Lipinski definition) is 1. The Morgan fingerprint density at radius 1 is 1.50 bits per heavy atom. The van der Waals surface area contributed by atoms with Crippen molar-refractivity contribution in [3.8, 4) is 6.07 Å². The molecule has 2 unspecified atom stereocenters. The fourth-order valence-corrected chi connectivity index (χ4v) is 4.54. The number of nitriles is 1. The van der Waals surface area contributed by atoms with Gasteiger partial charge >= 0.3 is 5.97 Å². The smallest absolute Gasteiger partial charge is 0.310 e. The van der Waals surface area contributed by atoms with Gasteiger partial charge in [-0.05, 0) is 25.7 Å². The van der Waals surface area contributed by atoms with E-state index in [-0.39, 0.29) is 13.0 Å². The molecular formula is C13H22N2O4S. The summed E-state index contributed by atoms with van der Waals surface area (Å²) in [6.45, 7) is 3.82. The summed E-state index contributed by atoms with van der Waals surface area (Å²) in [4.78, 5) is 11.6. The Bertz CT molecular complexity index is 493. The molecule has 114 valence electrons. The van der Waals surface area contributed by atoms with Gasteiger partial charge in [0, 0.05) is 13.1 Å². The molecule has 1 fully saturated rings. The van der Waals surface area contributed by atoms with Crippen molar-refractivity contribution in [2.45, 2.75) is 51.2 Å². The van der Waals surface area contributed by atoms with Gasteiger partial charge < -0.3 is 5.11 Å². The number of nitrogens with zero attached hydrogens (tertiary/aromatic N) is 2. The van der Waals surface area contributed by atoms with Crippen molar-refractivity contribution < 1.29 is 18.3 Å². The van der Waals surface area contributed by atoms with E-state index in [2.05, 4.69) is 0 Å². The van der Waals surface area contributed by atoms with Crippen LogP contribution in [-0.2, 0) is 14.8 Å². The molecule has 1 saturated heterocycles. The van der Waals surface area contributed by atoms with E-state index < -0.39 is 26.7 Å². The molecule has 0 radical (unpaired) electrons. The Labute approximate surface area is 120 Å². The van der Waals surface area contributed by atoms with Crippen LogP contribution in [0.15, 0.2) is 0 Å². The molecule has 7 heteroatoms. The molecule has 0 aromatic rings. The van der Waals surface area contributed by atoms with Crippen molar-refractivity contribution in [2.24, 2.45) is 5.41 Å². The zero-order chi connectivity index (χ0) is 15.4. The molecule has 1 heterocycles. The van der Waals surface area contributed by atoms with Crippen LogP contribution in [-0.4, -0.2) is 42.1 Å². The second-order valence-corrected chi connectivity index (χ2v) is 7.46. The number of hydrogen-bond acceptors (Lipinski definition) is 4. The molecule has 0 saturated carbocycles. The molecular weight excluding hydrogens is 280 g/mol. The van der Waals surface area contributed by atoms with Gasteiger partial charge in [-0.15, -0.1) is 0 Å². The van der Waals surface area contributed by atoms with Crippen LogP contribution < -0.4 is 0 Å². The van der Waals surface area contributed by atoms with E-state index in [4.69, 9.17) is 5.26 Å². The molecule has 0 aliphatic carbocycles. The highest BCUT2D eigenvalue weighted by molar-refractivity contribution is 7.90. The molecule has 1 rings (SSSR count). The quantitative estimate of drug-likeness (QED) is 0.803. The summed E-state index contributed by atoms with van der Waals surface area (Å²) >= 11 is 0. The van der Waals surface area contributed by atoms with E-state index in [0.29, 0.717) is 32.2 Å². The highest BCUT2D eigenvalue weighted by Crippen LogP contribution is 2.36. The summed E-state index contributed by atoms with van der Waals surface area (Å²) in [5, 5.41) is 17.3. The Morgan fingerprint density at radius 2 is 2.15 bits per heavy atom. The van der Waals surface area contributed by atoms with Crippen LogP contribution in [0.3, 0.4) is 0 Å². The minimum Gasteiger partial charge on any atom is -0.481 e. The van der Waals surface area contributed by atoms with Gasteiger partial charge in [0.25, 0.3) is 0 Å². The van der Waals surface area contributed by atoms with Crippen molar-refractivity contribution in [2.75, 3.05) is 13.1 Å². The van der Waals surface area contributed by atoms with Gasteiger partial charge in [0.15, 0.2) is 5.25 Å². The third-order valence-corrected chi connectivity index (χ3v) is 6.15. The van der Waals surface area contributed by atoms with Gasteiger partial charge in [-0.25, -0.2) is 8.42 Å². The predicted octanol–water partition coefficient (Wildman–Crippen LogP) is 1.59. The van der Waals surface area contributed by atoms with E-state index in [1.54, 1.807) is 13.0 Å². The maximum absolute atomic E-state index is 12.4. The van der Waals surface area contributed by atoms with Crippen LogP contribution in [0, 0.1) is 16.7 Å². The van der Waals surface area contributed by atoms with E-state index >= 15 is 0 Å². The molecule has 0 aromatic carbocycles. The molecule has 2 atom stereocenters.